The van der Waals surface area contributed by atoms with Crippen molar-refractivity contribution in [3.63, 3.8) is 0 Å². The van der Waals surface area contributed by atoms with Crippen molar-refractivity contribution >= 4 is 29.1 Å². The third kappa shape index (κ3) is 4.56. The van der Waals surface area contributed by atoms with Gasteiger partial charge in [0.25, 0.3) is 0 Å². The molecule has 0 radical (unpaired) electrons. The van der Waals surface area contributed by atoms with Crippen LogP contribution in [0.1, 0.15) is 6.42 Å². The largest absolute Gasteiger partial charge is 0.368 e. The predicted molar refractivity (Wildman–Crippen MR) is 109 cm³/mol. The number of guanidine groups is 1. The minimum atomic E-state index is -0.853. The zero-order valence-corrected chi connectivity index (χ0v) is 16.1. The lowest BCUT2D eigenvalue weighted by molar-refractivity contribution is -0.125. The summed E-state index contributed by atoms with van der Waals surface area (Å²) in [7, 11) is 0. The van der Waals surface area contributed by atoms with Gasteiger partial charge in [0.15, 0.2) is 0 Å². The van der Waals surface area contributed by atoms with Gasteiger partial charge in [0.05, 0.1) is 6.42 Å². The van der Waals surface area contributed by atoms with E-state index in [0.29, 0.717) is 37.8 Å². The SMILES string of the molecule is O=C1C[C@H](C(=O)Nc2ccc(F)cc2)N=C(N2CCN(c3ccc(F)cc3)CC2)N1. The van der Waals surface area contributed by atoms with Crippen LogP contribution in [0.3, 0.4) is 0 Å². The Hall–Kier alpha value is -3.49. The Bertz CT molecular complexity index is 954. The van der Waals surface area contributed by atoms with Crippen LogP contribution in [-0.2, 0) is 9.59 Å². The molecule has 0 aromatic heterocycles. The maximum absolute atomic E-state index is 13.1. The Kier molecular flexibility index (Phi) is 5.60. The van der Waals surface area contributed by atoms with Crippen molar-refractivity contribution in [3.05, 3.63) is 60.2 Å². The van der Waals surface area contributed by atoms with E-state index in [1.807, 2.05) is 4.90 Å². The van der Waals surface area contributed by atoms with Crippen molar-refractivity contribution in [2.75, 3.05) is 36.4 Å². The molecule has 7 nitrogen and oxygen atoms in total. The van der Waals surface area contributed by atoms with Crippen molar-refractivity contribution in [1.82, 2.24) is 10.2 Å². The highest BCUT2D eigenvalue weighted by Gasteiger charge is 2.30. The van der Waals surface area contributed by atoms with Crippen LogP contribution < -0.4 is 15.5 Å². The lowest BCUT2D eigenvalue weighted by atomic mass is 10.1. The quantitative estimate of drug-likeness (QED) is 0.807. The van der Waals surface area contributed by atoms with Gasteiger partial charge in [-0.2, -0.15) is 0 Å². The average molecular weight is 413 g/mol. The number of carbonyl (C=O) groups excluding carboxylic acids is 2. The number of anilines is 2. The molecule has 2 aliphatic heterocycles. The highest BCUT2D eigenvalue weighted by atomic mass is 19.1. The number of benzene rings is 2. The molecule has 30 heavy (non-hydrogen) atoms. The van der Waals surface area contributed by atoms with Gasteiger partial charge in [-0.1, -0.05) is 0 Å². The number of halogens is 2. The summed E-state index contributed by atoms with van der Waals surface area (Å²) in [4.78, 5) is 33.2. The second-order valence-electron chi connectivity index (χ2n) is 7.17. The van der Waals surface area contributed by atoms with Gasteiger partial charge >= 0.3 is 0 Å². The van der Waals surface area contributed by atoms with Gasteiger partial charge in [-0.3, -0.25) is 14.9 Å². The van der Waals surface area contributed by atoms with Crippen LogP contribution in [-0.4, -0.2) is 54.9 Å². The van der Waals surface area contributed by atoms with Crippen molar-refractivity contribution < 1.29 is 18.4 Å². The first-order valence-corrected chi connectivity index (χ1v) is 9.67. The Morgan fingerprint density at radius 1 is 0.933 bits per heavy atom. The van der Waals surface area contributed by atoms with E-state index < -0.39 is 17.8 Å². The topological polar surface area (TPSA) is 77.0 Å². The van der Waals surface area contributed by atoms with Crippen LogP contribution >= 0.6 is 0 Å². The third-order valence-electron chi connectivity index (χ3n) is 5.09. The van der Waals surface area contributed by atoms with Gasteiger partial charge in [0.1, 0.15) is 17.7 Å². The molecule has 1 saturated heterocycles. The van der Waals surface area contributed by atoms with E-state index in [0.717, 1.165) is 5.69 Å². The zero-order chi connectivity index (χ0) is 21.1. The second kappa shape index (κ2) is 8.48. The lowest BCUT2D eigenvalue weighted by Gasteiger charge is -2.38. The molecule has 2 aliphatic rings. The molecule has 2 aromatic carbocycles. The first-order chi connectivity index (χ1) is 14.5. The molecule has 0 aliphatic carbocycles. The normalized spacial score (nSPS) is 19.2. The number of nitrogens with zero attached hydrogens (tertiary/aromatic N) is 3. The van der Waals surface area contributed by atoms with Crippen molar-refractivity contribution in [1.29, 1.82) is 0 Å². The van der Waals surface area contributed by atoms with E-state index >= 15 is 0 Å². The molecule has 9 heteroatoms. The number of hydrogen-bond donors (Lipinski definition) is 2. The molecule has 0 bridgehead atoms. The van der Waals surface area contributed by atoms with Gasteiger partial charge in [0, 0.05) is 37.6 Å². The van der Waals surface area contributed by atoms with Gasteiger partial charge in [-0.05, 0) is 48.5 Å². The van der Waals surface area contributed by atoms with Crippen LogP contribution in [0, 0.1) is 11.6 Å². The molecule has 156 valence electrons. The van der Waals surface area contributed by atoms with Gasteiger partial charge in [-0.25, -0.2) is 13.8 Å². The number of rotatable bonds is 3. The second-order valence-corrected chi connectivity index (χ2v) is 7.17. The highest BCUT2D eigenvalue weighted by molar-refractivity contribution is 6.06. The smallest absolute Gasteiger partial charge is 0.249 e. The number of carbonyl (C=O) groups is 2. The predicted octanol–water partition coefficient (Wildman–Crippen LogP) is 1.97. The van der Waals surface area contributed by atoms with Crippen molar-refractivity contribution in [2.45, 2.75) is 12.5 Å². The lowest BCUT2D eigenvalue weighted by Crippen LogP contribution is -2.56. The van der Waals surface area contributed by atoms with Crippen LogP contribution in [0.4, 0.5) is 20.2 Å². The Morgan fingerprint density at radius 2 is 1.50 bits per heavy atom. The molecule has 4 rings (SSSR count). The minimum Gasteiger partial charge on any atom is -0.368 e. The summed E-state index contributed by atoms with van der Waals surface area (Å²) >= 11 is 0. The average Bonchev–Trinajstić information content (AvgIpc) is 2.75. The number of amides is 2. The zero-order valence-electron chi connectivity index (χ0n) is 16.1. The summed E-state index contributed by atoms with van der Waals surface area (Å²) in [6.45, 7) is 2.55. The van der Waals surface area contributed by atoms with Crippen LogP contribution in [0.15, 0.2) is 53.5 Å². The number of nitrogens with one attached hydrogen (secondary N) is 2. The molecule has 0 saturated carbocycles. The molecule has 2 amide bonds. The maximum atomic E-state index is 13.1. The van der Waals surface area contributed by atoms with Crippen molar-refractivity contribution in [2.24, 2.45) is 4.99 Å². The van der Waals surface area contributed by atoms with Crippen LogP contribution in [0.25, 0.3) is 0 Å². The monoisotopic (exact) mass is 413 g/mol. The Morgan fingerprint density at radius 3 is 2.13 bits per heavy atom. The molecule has 1 fully saturated rings. The maximum Gasteiger partial charge on any atom is 0.249 e. The summed E-state index contributed by atoms with van der Waals surface area (Å²) < 4.78 is 26.1. The fourth-order valence-corrected chi connectivity index (χ4v) is 3.48. The summed E-state index contributed by atoms with van der Waals surface area (Å²) in [5.41, 5.74) is 1.37. The first kappa shape index (κ1) is 19.8. The molecular formula is C21H21F2N5O2. The molecular weight excluding hydrogens is 392 g/mol. The summed E-state index contributed by atoms with van der Waals surface area (Å²) in [6, 6.07) is 10.9. The van der Waals surface area contributed by atoms with Gasteiger partial charge in [-0.15, -0.1) is 0 Å². The van der Waals surface area contributed by atoms with E-state index in [2.05, 4.69) is 20.5 Å². The molecule has 2 heterocycles. The van der Waals surface area contributed by atoms with Crippen LogP contribution in [0.5, 0.6) is 0 Å². The van der Waals surface area contributed by atoms with E-state index in [4.69, 9.17) is 0 Å². The minimum absolute atomic E-state index is 0.0495. The summed E-state index contributed by atoms with van der Waals surface area (Å²) in [5.74, 6) is -0.991. The van der Waals surface area contributed by atoms with Crippen LogP contribution in [0.2, 0.25) is 0 Å². The summed E-state index contributed by atoms with van der Waals surface area (Å²) in [5, 5.41) is 5.41. The Balaban J connectivity index is 1.40. The molecule has 1 atom stereocenters. The number of piperazine rings is 1. The van der Waals surface area contributed by atoms with Gasteiger partial charge in [0.2, 0.25) is 17.8 Å². The highest BCUT2D eigenvalue weighted by Crippen LogP contribution is 2.18. The van der Waals surface area contributed by atoms with E-state index in [1.165, 1.54) is 36.4 Å². The fourth-order valence-electron chi connectivity index (χ4n) is 3.48. The third-order valence-corrected chi connectivity index (χ3v) is 5.09. The van der Waals surface area contributed by atoms with E-state index in [1.54, 1.807) is 12.1 Å². The standard InChI is InChI=1S/C21H21F2N5O2/c22-14-1-5-16(6-2-14)24-20(30)18-13-19(29)26-21(25-18)28-11-9-27(10-12-28)17-7-3-15(23)4-8-17/h1-8,18H,9-13H2,(H,24,30)(H,25,26,29)/t18-/m1/s1. The summed E-state index contributed by atoms with van der Waals surface area (Å²) in [6.07, 6.45) is -0.0495. The molecule has 0 spiro atoms. The molecule has 2 N–H and O–H groups in total. The number of aliphatic imine (C=N–C) groups is 1. The van der Waals surface area contributed by atoms with E-state index in [-0.39, 0.29) is 18.1 Å². The Labute approximate surface area is 172 Å². The van der Waals surface area contributed by atoms with Crippen molar-refractivity contribution in [3.8, 4) is 0 Å². The molecule has 2 aromatic rings. The molecule has 0 unspecified atom stereocenters. The van der Waals surface area contributed by atoms with E-state index in [9.17, 15) is 18.4 Å². The van der Waals surface area contributed by atoms with Gasteiger partial charge < -0.3 is 15.1 Å². The first-order valence-electron chi connectivity index (χ1n) is 9.67. The number of hydrogen-bond acceptors (Lipinski definition) is 5. The fraction of sp³-hybridized carbons (Fsp3) is 0.286.